The maximum atomic E-state index is 13.0. The van der Waals surface area contributed by atoms with Crippen LogP contribution in [-0.4, -0.2) is 37.0 Å². The van der Waals surface area contributed by atoms with E-state index in [4.69, 9.17) is 19.4 Å². The first-order chi connectivity index (χ1) is 20.4. The Morgan fingerprint density at radius 1 is 0.905 bits per heavy atom. The molecule has 3 aliphatic rings. The quantitative estimate of drug-likeness (QED) is 0.244. The second-order valence-electron chi connectivity index (χ2n) is 10.8. The maximum absolute atomic E-state index is 13.0. The number of aromatic amines is 1. The number of aromatic nitrogens is 6. The van der Waals surface area contributed by atoms with Crippen molar-refractivity contribution in [3.63, 3.8) is 0 Å². The molecule has 8 nitrogen and oxygen atoms in total. The number of nitrogens with zero attached hydrogens (tertiary/aromatic N) is 5. The van der Waals surface area contributed by atoms with Crippen LogP contribution in [0.1, 0.15) is 66.5 Å². The summed E-state index contributed by atoms with van der Waals surface area (Å²) in [6, 6.07) is 7.05. The molecule has 1 unspecified atom stereocenters. The van der Waals surface area contributed by atoms with Gasteiger partial charge in [0.2, 0.25) is 11.8 Å². The van der Waals surface area contributed by atoms with Crippen molar-refractivity contribution >= 4 is 0 Å². The number of hydrogen-bond donors (Lipinski definition) is 1. The zero-order chi connectivity index (χ0) is 28.8. The van der Waals surface area contributed by atoms with Gasteiger partial charge in [-0.05, 0) is 54.7 Å². The van der Waals surface area contributed by atoms with Crippen LogP contribution in [0.5, 0.6) is 11.8 Å². The van der Waals surface area contributed by atoms with Crippen LogP contribution < -0.4 is 9.47 Å². The molecule has 0 saturated heterocycles. The van der Waals surface area contributed by atoms with Crippen molar-refractivity contribution in [2.45, 2.75) is 56.7 Å². The van der Waals surface area contributed by atoms with Crippen LogP contribution in [0.25, 0.3) is 22.8 Å². The topological polar surface area (TPSA) is 98.7 Å². The number of hydrogen-bond acceptors (Lipinski definition) is 7. The molecule has 0 radical (unpaired) electrons. The minimum atomic E-state index is -4.48. The number of imidazole rings is 1. The first-order valence-electron chi connectivity index (χ1n) is 13.9. The largest absolute Gasteiger partial charge is 0.480 e. The number of ether oxygens (including phenoxy) is 2. The third-order valence-corrected chi connectivity index (χ3v) is 8.05. The molecule has 42 heavy (non-hydrogen) atoms. The van der Waals surface area contributed by atoms with Gasteiger partial charge in [0.25, 0.3) is 0 Å². The highest BCUT2D eigenvalue weighted by atomic mass is 19.4. The second kappa shape index (κ2) is 10.4. The van der Waals surface area contributed by atoms with Gasteiger partial charge >= 0.3 is 6.18 Å². The standard InChI is InChI=1S/C31H27F3N6O2/c1-41-30-25(26(19-8-9-19)37-16-38-30)28-35-13-23(22-11-7-18-6-10-21(18)12-22)29(40-28)42-15-17-2-4-20(5-3-17)27-36-14-24(39-27)31(32,33)34/h2-6,10,13-14,16,19,22H,7-9,11-12,15H2,1H3,(H,36,39). The van der Waals surface area contributed by atoms with Gasteiger partial charge in [0.1, 0.15) is 30.0 Å². The SMILES string of the molecule is COc1ncnc(C2CC2)c1-c1ncc(C2CCC3=C(C=C3)C2)c(OCc2ccc(-c3ncc(C(F)(F)F)[nH]3)cc2)n1. The number of alkyl halides is 3. The van der Waals surface area contributed by atoms with Crippen molar-refractivity contribution in [1.82, 2.24) is 29.9 Å². The van der Waals surface area contributed by atoms with Crippen molar-refractivity contribution in [2.24, 2.45) is 0 Å². The van der Waals surface area contributed by atoms with Gasteiger partial charge in [-0.25, -0.2) is 19.9 Å². The fraction of sp³-hybridized carbons (Fsp3) is 0.323. The predicted molar refractivity (Wildman–Crippen MR) is 148 cm³/mol. The third-order valence-electron chi connectivity index (χ3n) is 8.05. The van der Waals surface area contributed by atoms with Crippen LogP contribution in [0.3, 0.4) is 0 Å². The van der Waals surface area contributed by atoms with Crippen LogP contribution in [0.2, 0.25) is 0 Å². The van der Waals surface area contributed by atoms with E-state index in [0.717, 1.165) is 55.1 Å². The van der Waals surface area contributed by atoms with E-state index in [1.54, 1.807) is 19.2 Å². The van der Waals surface area contributed by atoms with Crippen LogP contribution in [-0.2, 0) is 12.8 Å². The molecule has 0 aliphatic heterocycles. The molecular weight excluding hydrogens is 545 g/mol. The Labute approximate surface area is 239 Å². The fourth-order valence-electron chi connectivity index (χ4n) is 5.55. The monoisotopic (exact) mass is 572 g/mol. The molecule has 214 valence electrons. The van der Waals surface area contributed by atoms with Crippen LogP contribution in [0.15, 0.2) is 66.3 Å². The molecule has 4 aromatic rings. The number of rotatable bonds is 8. The summed E-state index contributed by atoms with van der Waals surface area (Å²) < 4.78 is 50.9. The molecular formula is C31H27F3N6O2. The average molecular weight is 573 g/mol. The number of benzene rings is 1. The van der Waals surface area contributed by atoms with Gasteiger partial charge in [-0.3, -0.25) is 0 Å². The van der Waals surface area contributed by atoms with Gasteiger partial charge < -0.3 is 14.5 Å². The number of allylic oxidation sites excluding steroid dienone is 4. The molecule has 1 N–H and O–H groups in total. The van der Waals surface area contributed by atoms with E-state index < -0.39 is 11.9 Å². The minimum absolute atomic E-state index is 0.152. The van der Waals surface area contributed by atoms with E-state index in [9.17, 15) is 13.2 Å². The minimum Gasteiger partial charge on any atom is -0.480 e. The van der Waals surface area contributed by atoms with Crippen molar-refractivity contribution < 1.29 is 22.6 Å². The molecule has 1 aromatic carbocycles. The molecule has 7 rings (SSSR count). The molecule has 3 aliphatic carbocycles. The highest BCUT2D eigenvalue weighted by Crippen LogP contribution is 2.46. The Balaban J connectivity index is 1.18. The van der Waals surface area contributed by atoms with Gasteiger partial charge in [0.05, 0.1) is 19.0 Å². The van der Waals surface area contributed by atoms with Crippen molar-refractivity contribution in [2.75, 3.05) is 7.11 Å². The van der Waals surface area contributed by atoms with Gasteiger partial charge in [-0.15, -0.1) is 0 Å². The summed E-state index contributed by atoms with van der Waals surface area (Å²) in [6.07, 6.45) is 9.03. The maximum Gasteiger partial charge on any atom is 0.432 e. The molecule has 0 amide bonds. The lowest BCUT2D eigenvalue weighted by Gasteiger charge is -2.29. The van der Waals surface area contributed by atoms with Gasteiger partial charge in [0.15, 0.2) is 5.82 Å². The average Bonchev–Trinajstić information content (AvgIpc) is 3.70. The zero-order valence-electron chi connectivity index (χ0n) is 22.8. The Kier molecular flexibility index (Phi) is 6.52. The van der Waals surface area contributed by atoms with Gasteiger partial charge in [-0.1, -0.05) is 36.4 Å². The highest BCUT2D eigenvalue weighted by Gasteiger charge is 2.34. The van der Waals surface area contributed by atoms with Gasteiger partial charge in [0, 0.05) is 23.2 Å². The van der Waals surface area contributed by atoms with E-state index in [-0.39, 0.29) is 18.3 Å². The molecule has 0 spiro atoms. The molecule has 3 aromatic heterocycles. The van der Waals surface area contributed by atoms with E-state index in [1.165, 1.54) is 17.5 Å². The summed E-state index contributed by atoms with van der Waals surface area (Å²) in [5.74, 6) is 2.09. The Morgan fingerprint density at radius 2 is 1.71 bits per heavy atom. The Morgan fingerprint density at radius 3 is 2.38 bits per heavy atom. The lowest BCUT2D eigenvalue weighted by Crippen LogP contribution is -2.14. The molecule has 1 atom stereocenters. The number of methoxy groups -OCH3 is 1. The summed E-state index contributed by atoms with van der Waals surface area (Å²) in [4.78, 5) is 24.8. The van der Waals surface area contributed by atoms with E-state index >= 15 is 0 Å². The molecule has 1 saturated carbocycles. The predicted octanol–water partition coefficient (Wildman–Crippen LogP) is 6.94. The van der Waals surface area contributed by atoms with Crippen LogP contribution >= 0.6 is 0 Å². The van der Waals surface area contributed by atoms with Crippen molar-refractivity contribution in [3.8, 4) is 34.5 Å². The number of halogens is 3. The van der Waals surface area contributed by atoms with E-state index in [1.807, 2.05) is 18.3 Å². The first kappa shape index (κ1) is 26.4. The lowest BCUT2D eigenvalue weighted by atomic mass is 9.76. The van der Waals surface area contributed by atoms with Crippen molar-refractivity contribution in [1.29, 1.82) is 0 Å². The lowest BCUT2D eigenvalue weighted by molar-refractivity contribution is -0.140. The fourth-order valence-corrected chi connectivity index (χ4v) is 5.55. The van der Waals surface area contributed by atoms with Crippen LogP contribution in [0.4, 0.5) is 13.2 Å². The molecule has 1 fully saturated rings. The number of H-pyrrole nitrogens is 1. The Hall–Kier alpha value is -4.54. The summed E-state index contributed by atoms with van der Waals surface area (Å²) in [6.45, 7) is 0.216. The summed E-state index contributed by atoms with van der Waals surface area (Å²) in [5.41, 5.74) is 5.81. The van der Waals surface area contributed by atoms with Gasteiger partial charge in [-0.2, -0.15) is 18.2 Å². The Bertz CT molecular complexity index is 1710. The van der Waals surface area contributed by atoms with Crippen molar-refractivity contribution in [3.05, 3.63) is 88.8 Å². The number of nitrogens with one attached hydrogen (secondary N) is 1. The molecule has 11 heteroatoms. The first-order valence-corrected chi connectivity index (χ1v) is 13.9. The summed E-state index contributed by atoms with van der Waals surface area (Å²) in [5, 5.41) is 0. The highest BCUT2D eigenvalue weighted by molar-refractivity contribution is 5.66. The zero-order valence-corrected chi connectivity index (χ0v) is 22.8. The van der Waals surface area contributed by atoms with E-state index in [0.29, 0.717) is 34.6 Å². The molecule has 3 heterocycles. The second-order valence-corrected chi connectivity index (χ2v) is 10.8. The third kappa shape index (κ3) is 5.03. The van der Waals surface area contributed by atoms with Crippen LogP contribution in [0, 0.1) is 0 Å². The summed E-state index contributed by atoms with van der Waals surface area (Å²) in [7, 11) is 1.57. The molecule has 0 bridgehead atoms. The smallest absolute Gasteiger partial charge is 0.432 e. The summed E-state index contributed by atoms with van der Waals surface area (Å²) >= 11 is 0. The van der Waals surface area contributed by atoms with E-state index in [2.05, 4.69) is 32.1 Å². The normalized spacial score (nSPS) is 18.0.